The van der Waals surface area contributed by atoms with Gasteiger partial charge >= 0.3 is 6.61 Å². The number of halogens is 2. The van der Waals surface area contributed by atoms with E-state index in [-0.39, 0.29) is 16.7 Å². The molecule has 2 heterocycles. The van der Waals surface area contributed by atoms with E-state index in [2.05, 4.69) is 19.7 Å². The number of hydrogen-bond acceptors (Lipinski definition) is 5. The largest absolute Gasteiger partial charge is 0.497 e. The lowest BCUT2D eigenvalue weighted by Gasteiger charge is -2.14. The Balaban J connectivity index is 1.99. The summed E-state index contributed by atoms with van der Waals surface area (Å²) < 4.78 is 48.0. The lowest BCUT2D eigenvalue weighted by atomic mass is 10.0. The summed E-state index contributed by atoms with van der Waals surface area (Å²) in [6.07, 6.45) is 1.58. The number of aryl methyl sites for hydroxylation is 2. The zero-order valence-corrected chi connectivity index (χ0v) is 16.1. The molecule has 27 heavy (non-hydrogen) atoms. The molecule has 3 aromatic rings. The first kappa shape index (κ1) is 19.2. The quantitative estimate of drug-likeness (QED) is 0.687. The number of imidazole rings is 1. The Hall–Kier alpha value is -2.55. The molecule has 9 heteroatoms. The standard InChI is InChI=1S/C18H19F2N3O3S/c1-9-10(2)16(26-17(19)20)11(3)15-14(9)22-18(23-15)27(24)8-12-7-13(25-4)5-6-21-12/h5-7,17H,8H2,1-4H3,(H,22,23). The Bertz CT molecular complexity index is 1020. The Labute approximate surface area is 157 Å². The molecule has 0 aliphatic carbocycles. The molecule has 0 fully saturated rings. The lowest BCUT2D eigenvalue weighted by Crippen LogP contribution is -2.06. The van der Waals surface area contributed by atoms with Crippen molar-refractivity contribution in [3.8, 4) is 11.5 Å². The highest BCUT2D eigenvalue weighted by molar-refractivity contribution is 7.84. The van der Waals surface area contributed by atoms with E-state index < -0.39 is 17.4 Å². The maximum absolute atomic E-state index is 12.7. The zero-order chi connectivity index (χ0) is 19.7. The second-order valence-electron chi connectivity index (χ2n) is 6.03. The number of hydrogen-bond donors (Lipinski definition) is 1. The number of alkyl halides is 2. The molecule has 6 nitrogen and oxygen atoms in total. The van der Waals surface area contributed by atoms with Crippen molar-refractivity contribution >= 4 is 21.8 Å². The van der Waals surface area contributed by atoms with Crippen LogP contribution in [0.4, 0.5) is 8.78 Å². The van der Waals surface area contributed by atoms with Crippen LogP contribution in [0.1, 0.15) is 22.4 Å². The number of methoxy groups -OCH3 is 1. The highest BCUT2D eigenvalue weighted by atomic mass is 32.2. The fourth-order valence-corrected chi connectivity index (χ4v) is 3.85. The van der Waals surface area contributed by atoms with Gasteiger partial charge in [0.25, 0.3) is 0 Å². The molecule has 144 valence electrons. The van der Waals surface area contributed by atoms with E-state index in [4.69, 9.17) is 4.74 Å². The average molecular weight is 395 g/mol. The third-order valence-electron chi connectivity index (χ3n) is 4.38. The van der Waals surface area contributed by atoms with Crippen LogP contribution in [0.15, 0.2) is 23.5 Å². The molecule has 0 saturated heterocycles. The highest BCUT2D eigenvalue weighted by Gasteiger charge is 2.21. The monoisotopic (exact) mass is 395 g/mol. The molecule has 0 bridgehead atoms. The topological polar surface area (TPSA) is 77.1 Å². The van der Waals surface area contributed by atoms with Crippen LogP contribution in [-0.4, -0.2) is 32.9 Å². The minimum absolute atomic E-state index is 0.105. The van der Waals surface area contributed by atoms with E-state index in [0.29, 0.717) is 33.6 Å². The number of benzene rings is 1. The fraction of sp³-hybridized carbons (Fsp3) is 0.333. The van der Waals surface area contributed by atoms with Gasteiger partial charge in [-0.3, -0.25) is 9.19 Å². The molecule has 2 aromatic heterocycles. The van der Waals surface area contributed by atoms with E-state index in [1.165, 1.54) is 0 Å². The number of rotatable bonds is 6. The first-order valence-electron chi connectivity index (χ1n) is 8.13. The number of pyridine rings is 1. The molecular weight excluding hydrogens is 376 g/mol. The van der Waals surface area contributed by atoms with Crippen LogP contribution in [-0.2, 0) is 16.6 Å². The van der Waals surface area contributed by atoms with Crippen molar-refractivity contribution in [1.29, 1.82) is 0 Å². The summed E-state index contributed by atoms with van der Waals surface area (Å²) in [5, 5.41) is 0.259. The first-order valence-corrected chi connectivity index (χ1v) is 9.45. The van der Waals surface area contributed by atoms with Crippen molar-refractivity contribution in [2.75, 3.05) is 7.11 Å². The minimum Gasteiger partial charge on any atom is -0.497 e. The van der Waals surface area contributed by atoms with Crippen LogP contribution in [0, 0.1) is 20.8 Å². The number of aromatic amines is 1. The summed E-state index contributed by atoms with van der Waals surface area (Å²) in [4.78, 5) is 11.6. The number of ether oxygens (including phenoxy) is 2. The van der Waals surface area contributed by atoms with Gasteiger partial charge in [-0.15, -0.1) is 0 Å². The van der Waals surface area contributed by atoms with Crippen LogP contribution in [0.2, 0.25) is 0 Å². The maximum Gasteiger partial charge on any atom is 0.387 e. The van der Waals surface area contributed by atoms with E-state index in [1.54, 1.807) is 46.2 Å². The van der Waals surface area contributed by atoms with Crippen molar-refractivity contribution in [1.82, 2.24) is 15.0 Å². The number of nitrogens with one attached hydrogen (secondary N) is 1. The fourth-order valence-electron chi connectivity index (χ4n) is 2.88. The van der Waals surface area contributed by atoms with Crippen LogP contribution in [0.5, 0.6) is 11.5 Å². The van der Waals surface area contributed by atoms with Gasteiger partial charge in [-0.05, 0) is 38.0 Å². The molecule has 0 aliphatic heterocycles. The van der Waals surface area contributed by atoms with E-state index in [9.17, 15) is 13.0 Å². The van der Waals surface area contributed by atoms with Gasteiger partial charge < -0.3 is 14.5 Å². The summed E-state index contributed by atoms with van der Waals surface area (Å²) in [6.45, 7) is 2.22. The van der Waals surface area contributed by atoms with Gasteiger partial charge in [0, 0.05) is 17.8 Å². The van der Waals surface area contributed by atoms with Crippen molar-refractivity contribution in [3.05, 3.63) is 40.7 Å². The second-order valence-corrected chi connectivity index (χ2v) is 7.39. The average Bonchev–Trinajstić information content (AvgIpc) is 3.09. The summed E-state index contributed by atoms with van der Waals surface area (Å²) in [7, 11) is 0.0524. The molecule has 0 saturated carbocycles. The predicted octanol–water partition coefficient (Wildman–Crippen LogP) is 3.80. The van der Waals surface area contributed by atoms with Crippen molar-refractivity contribution < 1.29 is 22.5 Å². The second kappa shape index (κ2) is 7.59. The normalized spacial score (nSPS) is 12.6. The summed E-state index contributed by atoms with van der Waals surface area (Å²) >= 11 is 0. The zero-order valence-electron chi connectivity index (χ0n) is 15.3. The summed E-state index contributed by atoms with van der Waals surface area (Å²) in [6, 6.07) is 3.41. The third kappa shape index (κ3) is 3.78. The van der Waals surface area contributed by atoms with Crippen LogP contribution in [0.3, 0.4) is 0 Å². The van der Waals surface area contributed by atoms with Gasteiger partial charge in [-0.2, -0.15) is 8.78 Å². The number of fused-ring (bicyclic) bond motifs is 1. The smallest absolute Gasteiger partial charge is 0.387 e. The third-order valence-corrected chi connectivity index (χ3v) is 5.56. The number of nitrogens with zero attached hydrogens (tertiary/aromatic N) is 2. The van der Waals surface area contributed by atoms with Gasteiger partial charge in [0.15, 0.2) is 5.16 Å². The molecular formula is C18H19F2N3O3S. The Kier molecular flexibility index (Phi) is 5.41. The minimum atomic E-state index is -2.93. The Morgan fingerprint density at radius 2 is 1.96 bits per heavy atom. The predicted molar refractivity (Wildman–Crippen MR) is 97.8 cm³/mol. The van der Waals surface area contributed by atoms with Gasteiger partial charge in [-0.25, -0.2) is 4.98 Å². The maximum atomic E-state index is 12.7. The van der Waals surface area contributed by atoms with Crippen molar-refractivity contribution in [3.63, 3.8) is 0 Å². The van der Waals surface area contributed by atoms with E-state index in [1.807, 2.05) is 0 Å². The molecule has 3 rings (SSSR count). The molecule has 1 N–H and O–H groups in total. The molecule has 0 aliphatic rings. The van der Waals surface area contributed by atoms with E-state index >= 15 is 0 Å². The Morgan fingerprint density at radius 1 is 1.22 bits per heavy atom. The number of H-pyrrole nitrogens is 1. The van der Waals surface area contributed by atoms with Crippen LogP contribution < -0.4 is 9.47 Å². The first-order chi connectivity index (χ1) is 12.8. The summed E-state index contributed by atoms with van der Waals surface area (Å²) in [5.74, 6) is 0.875. The lowest BCUT2D eigenvalue weighted by molar-refractivity contribution is -0.0506. The van der Waals surface area contributed by atoms with Crippen molar-refractivity contribution in [2.45, 2.75) is 38.3 Å². The van der Waals surface area contributed by atoms with Gasteiger partial charge in [-0.1, -0.05) is 0 Å². The molecule has 0 amide bonds. The molecule has 0 radical (unpaired) electrons. The van der Waals surface area contributed by atoms with Gasteiger partial charge in [0.2, 0.25) is 0 Å². The SMILES string of the molecule is COc1ccnc(CS(=O)c2nc3c(C)c(OC(F)F)c(C)c(C)c3[nH]2)c1. The number of aromatic nitrogens is 3. The summed E-state index contributed by atoms with van der Waals surface area (Å²) in [5.41, 5.74) is 3.52. The molecule has 0 spiro atoms. The van der Waals surface area contributed by atoms with Crippen LogP contribution >= 0.6 is 0 Å². The highest BCUT2D eigenvalue weighted by Crippen LogP contribution is 2.35. The van der Waals surface area contributed by atoms with E-state index in [0.717, 1.165) is 5.56 Å². The Morgan fingerprint density at radius 3 is 2.63 bits per heavy atom. The van der Waals surface area contributed by atoms with Gasteiger partial charge in [0.05, 0.1) is 40.4 Å². The van der Waals surface area contributed by atoms with Gasteiger partial charge in [0.1, 0.15) is 11.5 Å². The van der Waals surface area contributed by atoms with Crippen molar-refractivity contribution in [2.24, 2.45) is 0 Å². The molecule has 1 atom stereocenters. The molecule has 1 aromatic carbocycles. The van der Waals surface area contributed by atoms with Crippen LogP contribution in [0.25, 0.3) is 11.0 Å². The molecule has 1 unspecified atom stereocenters.